The molecule has 19 heavy (non-hydrogen) atoms. The second kappa shape index (κ2) is 6.09. The molecular weight excluding hydrogens is 242 g/mol. The summed E-state index contributed by atoms with van der Waals surface area (Å²) in [5, 5.41) is 0. The van der Waals surface area contributed by atoms with Gasteiger partial charge in [0.15, 0.2) is 0 Å². The molecule has 1 heterocycles. The summed E-state index contributed by atoms with van der Waals surface area (Å²) < 4.78 is 10.7. The van der Waals surface area contributed by atoms with E-state index in [4.69, 9.17) is 9.47 Å². The first-order chi connectivity index (χ1) is 9.26. The molecule has 0 aliphatic rings. The standard InChI is InChI=1S/C15H17NO3/c1-3-13(11-8-9-16-10-11)19-14-7-5-4-6-12(14)15(17)18-2/h4-10,13,16H,3H2,1-2H3. The Bertz CT molecular complexity index is 534. The number of esters is 1. The first kappa shape index (κ1) is 13.2. The molecule has 4 nitrogen and oxygen atoms in total. The molecule has 0 saturated carbocycles. The number of ether oxygens (including phenoxy) is 2. The fourth-order valence-electron chi connectivity index (χ4n) is 1.93. The summed E-state index contributed by atoms with van der Waals surface area (Å²) in [7, 11) is 1.36. The number of aromatic nitrogens is 1. The minimum absolute atomic E-state index is 0.0861. The van der Waals surface area contributed by atoms with Gasteiger partial charge in [-0.1, -0.05) is 19.1 Å². The van der Waals surface area contributed by atoms with E-state index in [0.29, 0.717) is 11.3 Å². The Kier molecular flexibility index (Phi) is 4.23. The van der Waals surface area contributed by atoms with Crippen molar-refractivity contribution in [2.45, 2.75) is 19.4 Å². The average molecular weight is 259 g/mol. The van der Waals surface area contributed by atoms with Crippen molar-refractivity contribution in [3.63, 3.8) is 0 Å². The van der Waals surface area contributed by atoms with E-state index in [1.165, 1.54) is 7.11 Å². The van der Waals surface area contributed by atoms with Crippen LogP contribution in [0.5, 0.6) is 5.75 Å². The number of nitrogens with one attached hydrogen (secondary N) is 1. The van der Waals surface area contributed by atoms with Gasteiger partial charge in [0.25, 0.3) is 0 Å². The molecule has 1 N–H and O–H groups in total. The van der Waals surface area contributed by atoms with Crippen LogP contribution in [0.2, 0.25) is 0 Å². The summed E-state index contributed by atoms with van der Waals surface area (Å²) in [6.07, 6.45) is 4.48. The van der Waals surface area contributed by atoms with Gasteiger partial charge in [0.05, 0.1) is 7.11 Å². The largest absolute Gasteiger partial charge is 0.485 e. The van der Waals surface area contributed by atoms with Crippen LogP contribution in [0, 0.1) is 0 Å². The maximum Gasteiger partial charge on any atom is 0.341 e. The van der Waals surface area contributed by atoms with E-state index in [9.17, 15) is 4.79 Å². The predicted octanol–water partition coefficient (Wildman–Crippen LogP) is 3.33. The van der Waals surface area contributed by atoms with Gasteiger partial charge in [-0.05, 0) is 24.6 Å². The molecule has 0 aliphatic heterocycles. The number of rotatable bonds is 5. The number of aromatic amines is 1. The molecule has 1 unspecified atom stereocenters. The smallest absolute Gasteiger partial charge is 0.341 e. The maximum absolute atomic E-state index is 11.7. The Labute approximate surface area is 112 Å². The van der Waals surface area contributed by atoms with Crippen molar-refractivity contribution in [3.8, 4) is 5.75 Å². The number of methoxy groups -OCH3 is 1. The second-order valence-electron chi connectivity index (χ2n) is 4.15. The SMILES string of the molecule is CCC(Oc1ccccc1C(=O)OC)c1cc[nH]c1. The van der Waals surface area contributed by atoms with Crippen molar-refractivity contribution in [3.05, 3.63) is 53.9 Å². The molecule has 2 rings (SSSR count). The quantitative estimate of drug-likeness (QED) is 0.838. The summed E-state index contributed by atoms with van der Waals surface area (Å²) in [5.74, 6) is 0.155. The lowest BCUT2D eigenvalue weighted by atomic mass is 10.1. The normalized spacial score (nSPS) is 11.9. The third-order valence-corrected chi connectivity index (χ3v) is 2.93. The Hall–Kier alpha value is -2.23. The van der Waals surface area contributed by atoms with E-state index in [0.717, 1.165) is 12.0 Å². The number of hydrogen-bond donors (Lipinski definition) is 1. The van der Waals surface area contributed by atoms with Gasteiger partial charge in [-0.25, -0.2) is 4.79 Å². The van der Waals surface area contributed by atoms with Crippen molar-refractivity contribution in [1.82, 2.24) is 4.98 Å². The molecule has 0 bridgehead atoms. The molecular formula is C15H17NO3. The van der Waals surface area contributed by atoms with Crippen LogP contribution in [0.25, 0.3) is 0 Å². The van der Waals surface area contributed by atoms with E-state index >= 15 is 0 Å². The van der Waals surface area contributed by atoms with Crippen LogP contribution >= 0.6 is 0 Å². The van der Waals surface area contributed by atoms with E-state index in [-0.39, 0.29) is 12.1 Å². The van der Waals surface area contributed by atoms with Gasteiger partial charge < -0.3 is 14.5 Å². The van der Waals surface area contributed by atoms with Gasteiger partial charge in [-0.3, -0.25) is 0 Å². The molecule has 0 aliphatic carbocycles. The number of carbonyl (C=O) groups excluding carboxylic acids is 1. The van der Waals surface area contributed by atoms with Crippen molar-refractivity contribution in [1.29, 1.82) is 0 Å². The van der Waals surface area contributed by atoms with Gasteiger partial charge in [0, 0.05) is 18.0 Å². The minimum Gasteiger partial charge on any atom is -0.485 e. The van der Waals surface area contributed by atoms with Crippen LogP contribution in [-0.2, 0) is 4.74 Å². The highest BCUT2D eigenvalue weighted by Gasteiger charge is 2.17. The summed E-state index contributed by atoms with van der Waals surface area (Å²) in [6.45, 7) is 2.04. The highest BCUT2D eigenvalue weighted by atomic mass is 16.5. The first-order valence-electron chi connectivity index (χ1n) is 6.23. The van der Waals surface area contributed by atoms with Crippen molar-refractivity contribution in [2.24, 2.45) is 0 Å². The van der Waals surface area contributed by atoms with Crippen LogP contribution in [0.4, 0.5) is 0 Å². The van der Waals surface area contributed by atoms with Gasteiger partial charge in [0.1, 0.15) is 17.4 Å². The molecule has 1 aromatic heterocycles. The van der Waals surface area contributed by atoms with Crippen LogP contribution in [0.15, 0.2) is 42.7 Å². The number of benzene rings is 1. The van der Waals surface area contributed by atoms with E-state index in [1.807, 2.05) is 31.5 Å². The monoisotopic (exact) mass is 259 g/mol. The Morgan fingerprint density at radius 2 is 2.11 bits per heavy atom. The molecule has 0 spiro atoms. The minimum atomic E-state index is -0.389. The fraction of sp³-hybridized carbons (Fsp3) is 0.267. The zero-order valence-electron chi connectivity index (χ0n) is 11.1. The van der Waals surface area contributed by atoms with Crippen molar-refractivity contribution >= 4 is 5.97 Å². The Morgan fingerprint density at radius 3 is 2.74 bits per heavy atom. The molecule has 0 amide bonds. The van der Waals surface area contributed by atoms with Gasteiger partial charge in [0.2, 0.25) is 0 Å². The van der Waals surface area contributed by atoms with Crippen molar-refractivity contribution in [2.75, 3.05) is 7.11 Å². The van der Waals surface area contributed by atoms with Gasteiger partial charge in [-0.2, -0.15) is 0 Å². The molecule has 0 radical (unpaired) electrons. The zero-order chi connectivity index (χ0) is 13.7. The fourth-order valence-corrected chi connectivity index (χ4v) is 1.93. The lowest BCUT2D eigenvalue weighted by Gasteiger charge is -2.18. The zero-order valence-corrected chi connectivity index (χ0v) is 11.1. The summed E-state index contributed by atoms with van der Waals surface area (Å²) in [4.78, 5) is 14.7. The highest BCUT2D eigenvalue weighted by molar-refractivity contribution is 5.92. The van der Waals surface area contributed by atoms with Crippen LogP contribution in [-0.4, -0.2) is 18.1 Å². The highest BCUT2D eigenvalue weighted by Crippen LogP contribution is 2.27. The average Bonchev–Trinajstić information content (AvgIpc) is 2.98. The Morgan fingerprint density at radius 1 is 1.32 bits per heavy atom. The summed E-state index contributed by atoms with van der Waals surface area (Å²) in [5.41, 5.74) is 1.50. The molecule has 2 aromatic rings. The molecule has 1 aromatic carbocycles. The predicted molar refractivity (Wildman–Crippen MR) is 72.2 cm³/mol. The van der Waals surface area contributed by atoms with Crippen molar-refractivity contribution < 1.29 is 14.3 Å². The molecule has 1 atom stereocenters. The van der Waals surface area contributed by atoms with Crippen LogP contribution in [0.3, 0.4) is 0 Å². The third-order valence-electron chi connectivity index (χ3n) is 2.93. The number of hydrogen-bond acceptors (Lipinski definition) is 3. The molecule has 4 heteroatoms. The van der Waals surface area contributed by atoms with E-state index in [2.05, 4.69) is 4.98 Å². The lowest BCUT2D eigenvalue weighted by Crippen LogP contribution is -2.10. The molecule has 100 valence electrons. The second-order valence-corrected chi connectivity index (χ2v) is 4.15. The first-order valence-corrected chi connectivity index (χ1v) is 6.23. The maximum atomic E-state index is 11.7. The van der Waals surface area contributed by atoms with Gasteiger partial charge >= 0.3 is 5.97 Å². The van der Waals surface area contributed by atoms with E-state index in [1.54, 1.807) is 18.2 Å². The van der Waals surface area contributed by atoms with Crippen LogP contribution in [0.1, 0.15) is 35.4 Å². The van der Waals surface area contributed by atoms with Gasteiger partial charge in [-0.15, -0.1) is 0 Å². The summed E-state index contributed by atoms with van der Waals surface area (Å²) >= 11 is 0. The third kappa shape index (κ3) is 2.96. The topological polar surface area (TPSA) is 51.3 Å². The van der Waals surface area contributed by atoms with Crippen LogP contribution < -0.4 is 4.74 Å². The Balaban J connectivity index is 2.25. The van der Waals surface area contributed by atoms with E-state index < -0.39 is 0 Å². The summed E-state index contributed by atoms with van der Waals surface area (Å²) in [6, 6.07) is 9.07. The molecule has 0 saturated heterocycles. The lowest BCUT2D eigenvalue weighted by molar-refractivity contribution is 0.0592. The number of para-hydroxylation sites is 1. The number of H-pyrrole nitrogens is 1. The molecule has 0 fully saturated rings. The number of carbonyl (C=O) groups is 1.